The lowest BCUT2D eigenvalue weighted by Gasteiger charge is -2.36. The molecule has 0 saturated carbocycles. The largest absolute Gasteiger partial charge is 0.367 e. The first-order chi connectivity index (χ1) is 14.2. The third-order valence-electron chi connectivity index (χ3n) is 6.06. The van der Waals surface area contributed by atoms with Crippen molar-refractivity contribution in [2.45, 2.75) is 57.5 Å². The molecule has 2 aromatic rings. The first kappa shape index (κ1) is 19.6. The Hall–Kier alpha value is -2.72. The maximum atomic E-state index is 11.9. The third kappa shape index (κ3) is 4.65. The van der Waals surface area contributed by atoms with Crippen LogP contribution in [0.2, 0.25) is 0 Å². The maximum Gasteiger partial charge on any atom is 0.266 e. The van der Waals surface area contributed by atoms with Gasteiger partial charge in [-0.3, -0.25) is 9.69 Å². The minimum atomic E-state index is -0.0592. The van der Waals surface area contributed by atoms with Gasteiger partial charge in [-0.15, -0.1) is 0 Å². The van der Waals surface area contributed by atoms with E-state index in [1.807, 2.05) is 6.07 Å². The molecule has 0 aromatic carbocycles. The molecule has 1 aliphatic heterocycles. The van der Waals surface area contributed by atoms with Crippen molar-refractivity contribution >= 4 is 5.82 Å². The van der Waals surface area contributed by atoms with Crippen LogP contribution in [-0.2, 0) is 19.4 Å². The molecule has 1 unspecified atom stereocenters. The number of hydrogen-bond donors (Lipinski definition) is 1. The number of aryl methyl sites for hydroxylation is 2. The Kier molecular flexibility index (Phi) is 6.20. The van der Waals surface area contributed by atoms with Crippen molar-refractivity contribution in [1.82, 2.24) is 19.7 Å². The molecule has 152 valence electrons. The molecular weight excluding hydrogens is 364 g/mol. The Morgan fingerprint density at radius 2 is 2.10 bits per heavy atom. The van der Waals surface area contributed by atoms with Crippen LogP contribution in [0.15, 0.2) is 29.2 Å². The van der Waals surface area contributed by atoms with Crippen LogP contribution in [0.25, 0.3) is 0 Å². The molecule has 0 radical (unpaired) electrons. The standard InChI is InChI=1S/C22H28N6O/c23-15-18-14-17-6-1-2-8-20(17)26-22(18)24-16-19-7-3-4-11-27(19)12-13-28-21(29)9-5-10-25-28/h5,9-10,14,19H,1-4,6-8,11-13,16H2,(H,24,26). The molecule has 1 N–H and O–H groups in total. The second-order valence-corrected chi connectivity index (χ2v) is 7.96. The predicted octanol–water partition coefficient (Wildman–Crippen LogP) is 2.36. The van der Waals surface area contributed by atoms with Gasteiger partial charge in [0.25, 0.3) is 5.56 Å². The lowest BCUT2D eigenvalue weighted by atomic mass is 9.95. The number of fused-ring (bicyclic) bond motifs is 1. The second kappa shape index (κ2) is 9.19. The van der Waals surface area contributed by atoms with Crippen molar-refractivity contribution in [3.05, 3.63) is 51.6 Å². The molecule has 1 saturated heterocycles. The van der Waals surface area contributed by atoms with Crippen molar-refractivity contribution in [1.29, 1.82) is 5.26 Å². The molecule has 3 heterocycles. The van der Waals surface area contributed by atoms with Gasteiger partial charge < -0.3 is 5.32 Å². The van der Waals surface area contributed by atoms with Gasteiger partial charge in [-0.25, -0.2) is 9.67 Å². The number of rotatable bonds is 6. The fraction of sp³-hybridized carbons (Fsp3) is 0.545. The molecule has 4 rings (SSSR count). The number of aromatic nitrogens is 3. The van der Waals surface area contributed by atoms with E-state index in [-0.39, 0.29) is 5.56 Å². The normalized spacial score (nSPS) is 19.3. The molecule has 2 aliphatic rings. The number of likely N-dealkylation sites (tertiary alicyclic amines) is 1. The zero-order chi connectivity index (χ0) is 20.1. The van der Waals surface area contributed by atoms with Gasteiger partial charge in [-0.1, -0.05) is 6.42 Å². The summed E-state index contributed by atoms with van der Waals surface area (Å²) in [6.45, 7) is 3.18. The van der Waals surface area contributed by atoms with Crippen molar-refractivity contribution in [2.75, 3.05) is 25.0 Å². The molecular formula is C22H28N6O. The van der Waals surface area contributed by atoms with Crippen molar-refractivity contribution < 1.29 is 0 Å². The van der Waals surface area contributed by atoms with Gasteiger partial charge in [-0.2, -0.15) is 10.4 Å². The number of piperidine rings is 1. The van der Waals surface area contributed by atoms with E-state index in [4.69, 9.17) is 4.98 Å². The summed E-state index contributed by atoms with van der Waals surface area (Å²) in [5, 5.41) is 17.2. The highest BCUT2D eigenvalue weighted by atomic mass is 16.1. The Bertz CT molecular complexity index is 947. The Balaban J connectivity index is 1.42. The lowest BCUT2D eigenvalue weighted by Crippen LogP contribution is -2.45. The van der Waals surface area contributed by atoms with Gasteiger partial charge in [0.05, 0.1) is 12.1 Å². The summed E-state index contributed by atoms with van der Waals surface area (Å²) >= 11 is 0. The van der Waals surface area contributed by atoms with E-state index in [1.54, 1.807) is 18.3 Å². The third-order valence-corrected chi connectivity index (χ3v) is 6.06. The second-order valence-electron chi connectivity index (χ2n) is 7.96. The van der Waals surface area contributed by atoms with E-state index in [1.165, 1.54) is 35.9 Å². The summed E-state index contributed by atoms with van der Waals surface area (Å²) in [4.78, 5) is 19.1. The minimum absolute atomic E-state index is 0.0592. The number of anilines is 1. The van der Waals surface area contributed by atoms with E-state index < -0.39 is 0 Å². The predicted molar refractivity (Wildman–Crippen MR) is 112 cm³/mol. The maximum absolute atomic E-state index is 11.9. The Morgan fingerprint density at radius 3 is 2.97 bits per heavy atom. The fourth-order valence-electron chi connectivity index (χ4n) is 4.43. The summed E-state index contributed by atoms with van der Waals surface area (Å²) < 4.78 is 1.53. The van der Waals surface area contributed by atoms with Gasteiger partial charge in [-0.05, 0) is 62.8 Å². The average Bonchev–Trinajstić information content (AvgIpc) is 2.77. The molecule has 0 spiro atoms. The van der Waals surface area contributed by atoms with Crippen LogP contribution >= 0.6 is 0 Å². The summed E-state index contributed by atoms with van der Waals surface area (Å²) in [6.07, 6.45) is 9.53. The first-order valence-corrected chi connectivity index (χ1v) is 10.7. The average molecular weight is 393 g/mol. The number of nitriles is 1. The first-order valence-electron chi connectivity index (χ1n) is 10.7. The molecule has 7 nitrogen and oxygen atoms in total. The summed E-state index contributed by atoms with van der Waals surface area (Å²) in [7, 11) is 0. The van der Waals surface area contributed by atoms with Crippen LogP contribution < -0.4 is 10.9 Å². The van der Waals surface area contributed by atoms with Crippen molar-refractivity contribution in [2.24, 2.45) is 0 Å². The highest BCUT2D eigenvalue weighted by Gasteiger charge is 2.23. The molecule has 0 amide bonds. The number of nitrogens with zero attached hydrogens (tertiary/aromatic N) is 5. The number of nitrogens with one attached hydrogen (secondary N) is 1. The van der Waals surface area contributed by atoms with E-state index in [2.05, 4.69) is 21.4 Å². The Morgan fingerprint density at radius 1 is 1.21 bits per heavy atom. The van der Waals surface area contributed by atoms with Gasteiger partial charge in [0.2, 0.25) is 0 Å². The Labute approximate surface area is 171 Å². The van der Waals surface area contributed by atoms with Crippen LogP contribution in [0.4, 0.5) is 5.82 Å². The van der Waals surface area contributed by atoms with E-state index in [9.17, 15) is 10.1 Å². The zero-order valence-electron chi connectivity index (χ0n) is 16.8. The van der Waals surface area contributed by atoms with E-state index >= 15 is 0 Å². The molecule has 7 heteroatoms. The summed E-state index contributed by atoms with van der Waals surface area (Å²) in [5.41, 5.74) is 2.97. The molecule has 1 aliphatic carbocycles. The van der Waals surface area contributed by atoms with Gasteiger partial charge in [0.1, 0.15) is 11.9 Å². The highest BCUT2D eigenvalue weighted by molar-refractivity contribution is 5.54. The lowest BCUT2D eigenvalue weighted by molar-refractivity contribution is 0.148. The zero-order valence-corrected chi connectivity index (χ0v) is 16.8. The summed E-state index contributed by atoms with van der Waals surface area (Å²) in [6, 6.07) is 7.92. The smallest absolute Gasteiger partial charge is 0.266 e. The topological polar surface area (TPSA) is 86.8 Å². The molecule has 1 fully saturated rings. The highest BCUT2D eigenvalue weighted by Crippen LogP contribution is 2.25. The summed E-state index contributed by atoms with van der Waals surface area (Å²) in [5.74, 6) is 0.722. The van der Waals surface area contributed by atoms with E-state index in [0.717, 1.165) is 50.4 Å². The monoisotopic (exact) mass is 392 g/mol. The number of hydrogen-bond acceptors (Lipinski definition) is 6. The van der Waals surface area contributed by atoms with Gasteiger partial charge >= 0.3 is 0 Å². The van der Waals surface area contributed by atoms with Gasteiger partial charge in [0, 0.05) is 37.1 Å². The van der Waals surface area contributed by atoms with E-state index in [0.29, 0.717) is 18.2 Å². The minimum Gasteiger partial charge on any atom is -0.367 e. The van der Waals surface area contributed by atoms with Crippen LogP contribution in [0, 0.1) is 11.3 Å². The van der Waals surface area contributed by atoms with Crippen molar-refractivity contribution in [3.8, 4) is 6.07 Å². The molecule has 1 atom stereocenters. The van der Waals surface area contributed by atoms with Crippen LogP contribution in [0.1, 0.15) is 48.9 Å². The van der Waals surface area contributed by atoms with Crippen molar-refractivity contribution in [3.63, 3.8) is 0 Å². The number of pyridine rings is 1. The fourth-order valence-corrected chi connectivity index (χ4v) is 4.43. The van der Waals surface area contributed by atoms with Gasteiger partial charge in [0.15, 0.2) is 0 Å². The quantitative estimate of drug-likeness (QED) is 0.812. The van der Waals surface area contributed by atoms with Crippen LogP contribution in [0.5, 0.6) is 0 Å². The molecule has 2 aromatic heterocycles. The molecule has 0 bridgehead atoms. The molecule has 29 heavy (non-hydrogen) atoms. The SMILES string of the molecule is N#Cc1cc2c(nc1NCC1CCCCN1CCn1ncccc1=O)CCCC2. The van der Waals surface area contributed by atoms with Crippen LogP contribution in [-0.4, -0.2) is 45.3 Å². The van der Waals surface area contributed by atoms with Crippen LogP contribution in [0.3, 0.4) is 0 Å².